The smallest absolute Gasteiger partial charge is 0.234 e. The van der Waals surface area contributed by atoms with Gasteiger partial charge < -0.3 is 9.73 Å². The Kier molecular flexibility index (Phi) is 5.25. The molecule has 0 radical (unpaired) electrons. The summed E-state index contributed by atoms with van der Waals surface area (Å²) in [5, 5.41) is 14.1. The van der Waals surface area contributed by atoms with E-state index in [0.717, 1.165) is 16.5 Å². The third-order valence-corrected chi connectivity index (χ3v) is 5.13. The number of nitrogens with zero attached hydrogens (tertiary/aromatic N) is 3. The van der Waals surface area contributed by atoms with E-state index in [1.807, 2.05) is 53.1 Å². The van der Waals surface area contributed by atoms with Gasteiger partial charge in [0, 0.05) is 17.6 Å². The molecule has 0 aliphatic carbocycles. The molecule has 0 atom stereocenters. The predicted octanol–water partition coefficient (Wildman–Crippen LogP) is 4.61. The van der Waals surface area contributed by atoms with Gasteiger partial charge in [0.2, 0.25) is 11.7 Å². The Morgan fingerprint density at radius 2 is 2.00 bits per heavy atom. The molecule has 140 valence electrons. The van der Waals surface area contributed by atoms with E-state index in [1.54, 1.807) is 18.4 Å². The number of fused-ring (bicyclic) bond motifs is 1. The van der Waals surface area contributed by atoms with Gasteiger partial charge in [0.05, 0.1) is 12.0 Å². The highest BCUT2D eigenvalue weighted by molar-refractivity contribution is 7.99. The maximum Gasteiger partial charge on any atom is 0.234 e. The van der Waals surface area contributed by atoms with E-state index in [4.69, 9.17) is 4.42 Å². The van der Waals surface area contributed by atoms with Crippen molar-refractivity contribution in [1.82, 2.24) is 14.8 Å². The van der Waals surface area contributed by atoms with E-state index < -0.39 is 0 Å². The van der Waals surface area contributed by atoms with E-state index in [-0.39, 0.29) is 11.7 Å². The van der Waals surface area contributed by atoms with Crippen molar-refractivity contribution in [1.29, 1.82) is 0 Å². The number of hydrogen-bond donors (Lipinski definition) is 1. The van der Waals surface area contributed by atoms with Crippen molar-refractivity contribution in [2.24, 2.45) is 0 Å². The average Bonchev–Trinajstić information content (AvgIpc) is 3.37. The number of aromatic nitrogens is 3. The Balaban J connectivity index is 1.48. The van der Waals surface area contributed by atoms with Crippen molar-refractivity contribution in [3.63, 3.8) is 0 Å². The summed E-state index contributed by atoms with van der Waals surface area (Å²) in [6.07, 6.45) is 3.35. The molecule has 28 heavy (non-hydrogen) atoms. The highest BCUT2D eigenvalue weighted by Gasteiger charge is 2.16. The second-order valence-electron chi connectivity index (χ2n) is 6.05. The number of rotatable bonds is 7. The topological polar surface area (TPSA) is 73.0 Å². The summed E-state index contributed by atoms with van der Waals surface area (Å²) in [6, 6.07) is 17.4. The predicted molar refractivity (Wildman–Crippen MR) is 111 cm³/mol. The first kappa shape index (κ1) is 18.1. The zero-order chi connectivity index (χ0) is 19.3. The minimum Gasteiger partial charge on any atom is -0.461 e. The van der Waals surface area contributed by atoms with Crippen LogP contribution in [0, 0.1) is 0 Å². The van der Waals surface area contributed by atoms with Crippen LogP contribution >= 0.6 is 11.8 Å². The van der Waals surface area contributed by atoms with E-state index in [2.05, 4.69) is 22.1 Å². The van der Waals surface area contributed by atoms with Crippen LogP contribution in [0.25, 0.3) is 22.4 Å². The number of hydrogen-bond acceptors (Lipinski definition) is 5. The fourth-order valence-electron chi connectivity index (χ4n) is 2.93. The van der Waals surface area contributed by atoms with Gasteiger partial charge in [0.15, 0.2) is 10.9 Å². The fraction of sp³-hybridized carbons (Fsp3) is 0.0952. The zero-order valence-corrected chi connectivity index (χ0v) is 15.9. The number of carbonyl (C=O) groups excluding carboxylic acids is 1. The third kappa shape index (κ3) is 3.70. The van der Waals surface area contributed by atoms with Crippen LogP contribution < -0.4 is 5.32 Å². The Labute approximate surface area is 166 Å². The number of amides is 1. The highest BCUT2D eigenvalue weighted by atomic mass is 32.2. The molecule has 6 nitrogen and oxygen atoms in total. The van der Waals surface area contributed by atoms with Gasteiger partial charge in [-0.1, -0.05) is 54.2 Å². The molecule has 0 saturated carbocycles. The Bertz CT molecular complexity index is 1110. The first-order chi connectivity index (χ1) is 13.8. The standard InChI is InChI=1S/C21H18N4O2S/c1-2-12-25-20(18-11-6-13-27-18)23-24-21(25)28-14-19(26)22-17-10-5-8-15-7-3-4-9-16(15)17/h2-11,13H,1,12,14H2,(H,22,26). The van der Waals surface area contributed by atoms with E-state index in [0.29, 0.717) is 23.3 Å². The Morgan fingerprint density at radius 1 is 1.14 bits per heavy atom. The first-order valence-electron chi connectivity index (χ1n) is 8.74. The number of nitrogens with one attached hydrogen (secondary N) is 1. The molecule has 0 fully saturated rings. The quantitative estimate of drug-likeness (QED) is 0.369. The molecule has 0 aliphatic heterocycles. The van der Waals surface area contributed by atoms with Crippen LogP contribution in [0.2, 0.25) is 0 Å². The number of benzene rings is 2. The van der Waals surface area contributed by atoms with E-state index >= 15 is 0 Å². The summed E-state index contributed by atoms with van der Waals surface area (Å²) >= 11 is 1.33. The molecule has 7 heteroatoms. The maximum absolute atomic E-state index is 12.5. The van der Waals surface area contributed by atoms with Crippen molar-refractivity contribution >= 4 is 34.1 Å². The van der Waals surface area contributed by atoms with Gasteiger partial charge >= 0.3 is 0 Å². The molecule has 2 aromatic heterocycles. The summed E-state index contributed by atoms with van der Waals surface area (Å²) in [5.74, 6) is 1.36. The number of allylic oxidation sites excluding steroid dienone is 1. The average molecular weight is 390 g/mol. The minimum atomic E-state index is -0.103. The van der Waals surface area contributed by atoms with Crippen LogP contribution in [0.3, 0.4) is 0 Å². The zero-order valence-electron chi connectivity index (χ0n) is 15.0. The second kappa shape index (κ2) is 8.14. The fourth-order valence-corrected chi connectivity index (χ4v) is 3.68. The van der Waals surface area contributed by atoms with Gasteiger partial charge in [-0.15, -0.1) is 16.8 Å². The molecular formula is C21H18N4O2S. The normalized spacial score (nSPS) is 10.9. The van der Waals surface area contributed by atoms with Gasteiger partial charge in [-0.25, -0.2) is 0 Å². The van der Waals surface area contributed by atoms with Crippen LogP contribution in [0.15, 0.2) is 83.1 Å². The molecule has 0 aliphatic rings. The first-order valence-corrected chi connectivity index (χ1v) is 9.73. The molecular weight excluding hydrogens is 372 g/mol. The summed E-state index contributed by atoms with van der Waals surface area (Å²) in [4.78, 5) is 12.5. The number of anilines is 1. The third-order valence-electron chi connectivity index (χ3n) is 4.17. The van der Waals surface area contributed by atoms with Gasteiger partial charge in [0.1, 0.15) is 0 Å². The van der Waals surface area contributed by atoms with Gasteiger partial charge in [-0.3, -0.25) is 9.36 Å². The second-order valence-corrected chi connectivity index (χ2v) is 6.99. The number of thioether (sulfide) groups is 1. The molecule has 1 amide bonds. The van der Waals surface area contributed by atoms with Crippen LogP contribution in [0.4, 0.5) is 5.69 Å². The molecule has 0 saturated heterocycles. The lowest BCUT2D eigenvalue weighted by molar-refractivity contribution is -0.113. The van der Waals surface area contributed by atoms with Gasteiger partial charge in [0.25, 0.3) is 0 Å². The number of carbonyl (C=O) groups is 1. The largest absolute Gasteiger partial charge is 0.461 e. The van der Waals surface area contributed by atoms with Crippen LogP contribution in [0.1, 0.15) is 0 Å². The highest BCUT2D eigenvalue weighted by Crippen LogP contribution is 2.26. The Morgan fingerprint density at radius 3 is 2.82 bits per heavy atom. The van der Waals surface area contributed by atoms with Crippen molar-refractivity contribution < 1.29 is 9.21 Å². The molecule has 4 aromatic rings. The van der Waals surface area contributed by atoms with E-state index in [1.165, 1.54) is 11.8 Å². The molecule has 0 spiro atoms. The van der Waals surface area contributed by atoms with Crippen molar-refractivity contribution in [2.75, 3.05) is 11.1 Å². The van der Waals surface area contributed by atoms with Gasteiger partial charge in [-0.2, -0.15) is 0 Å². The lowest BCUT2D eigenvalue weighted by atomic mass is 10.1. The molecule has 2 heterocycles. The monoisotopic (exact) mass is 390 g/mol. The van der Waals surface area contributed by atoms with Crippen LogP contribution in [-0.2, 0) is 11.3 Å². The molecule has 0 bridgehead atoms. The lowest BCUT2D eigenvalue weighted by Crippen LogP contribution is -2.15. The summed E-state index contributed by atoms with van der Waals surface area (Å²) < 4.78 is 7.30. The van der Waals surface area contributed by atoms with Gasteiger partial charge in [-0.05, 0) is 23.6 Å². The molecule has 2 aromatic carbocycles. The lowest BCUT2D eigenvalue weighted by Gasteiger charge is -2.09. The molecule has 4 rings (SSSR count). The van der Waals surface area contributed by atoms with Crippen molar-refractivity contribution in [3.05, 3.63) is 73.5 Å². The maximum atomic E-state index is 12.5. The summed E-state index contributed by atoms with van der Waals surface area (Å²) in [7, 11) is 0. The molecule has 0 unspecified atom stereocenters. The molecule has 1 N–H and O–H groups in total. The van der Waals surface area contributed by atoms with Crippen molar-refractivity contribution in [2.45, 2.75) is 11.7 Å². The Hall–Kier alpha value is -3.32. The van der Waals surface area contributed by atoms with E-state index in [9.17, 15) is 4.79 Å². The van der Waals surface area contributed by atoms with Crippen molar-refractivity contribution in [3.8, 4) is 11.6 Å². The summed E-state index contributed by atoms with van der Waals surface area (Å²) in [5.41, 5.74) is 0.799. The van der Waals surface area contributed by atoms with Crippen LogP contribution in [0.5, 0.6) is 0 Å². The SMILES string of the molecule is C=CCn1c(SCC(=O)Nc2cccc3ccccc23)nnc1-c1ccco1. The number of furan rings is 1. The minimum absolute atomic E-state index is 0.103. The summed E-state index contributed by atoms with van der Waals surface area (Å²) in [6.45, 7) is 4.31. The van der Waals surface area contributed by atoms with Crippen LogP contribution in [-0.4, -0.2) is 26.4 Å².